The molecule has 2 rings (SSSR count). The van der Waals surface area contributed by atoms with Gasteiger partial charge in [-0.3, -0.25) is 4.79 Å². The lowest BCUT2D eigenvalue weighted by atomic mass is 10.2. The van der Waals surface area contributed by atoms with Gasteiger partial charge in [0.1, 0.15) is 5.82 Å². The molecule has 1 amide bonds. The Morgan fingerprint density at radius 3 is 3.00 bits per heavy atom. The Morgan fingerprint density at radius 1 is 1.57 bits per heavy atom. The van der Waals surface area contributed by atoms with Crippen molar-refractivity contribution < 1.29 is 4.79 Å². The number of carbonyl (C=O) groups excluding carboxylic acids is 1. The van der Waals surface area contributed by atoms with Crippen molar-refractivity contribution in [2.24, 2.45) is 5.84 Å². The number of aromatic nitrogens is 1. The molecule has 1 saturated carbocycles. The molecule has 0 saturated heterocycles. The summed E-state index contributed by atoms with van der Waals surface area (Å²) in [4.78, 5) is 15.5. The zero-order chi connectivity index (χ0) is 9.97. The standard InChI is InChI=1S/C9H12N4O/c10-13-8-5-6(3-4-11-8)9(14)12-7-1-2-7/h3-5,7H,1-2,10H2,(H,11,13)(H,12,14). The van der Waals surface area contributed by atoms with E-state index in [1.54, 1.807) is 18.3 Å². The number of nitrogen functional groups attached to an aromatic ring is 1. The van der Waals surface area contributed by atoms with E-state index in [4.69, 9.17) is 5.84 Å². The van der Waals surface area contributed by atoms with Crippen molar-refractivity contribution in [3.8, 4) is 0 Å². The van der Waals surface area contributed by atoms with Gasteiger partial charge in [-0.05, 0) is 25.0 Å². The quantitative estimate of drug-likeness (QED) is 0.474. The van der Waals surface area contributed by atoms with Gasteiger partial charge in [-0.2, -0.15) is 0 Å². The van der Waals surface area contributed by atoms with Crippen LogP contribution in [0.15, 0.2) is 18.3 Å². The van der Waals surface area contributed by atoms with Crippen LogP contribution in [0, 0.1) is 0 Å². The first kappa shape index (κ1) is 8.96. The number of pyridine rings is 1. The van der Waals surface area contributed by atoms with Gasteiger partial charge in [-0.25, -0.2) is 10.8 Å². The fourth-order valence-electron chi connectivity index (χ4n) is 1.15. The number of nitrogens with zero attached hydrogens (tertiary/aromatic N) is 1. The summed E-state index contributed by atoms with van der Waals surface area (Å²) in [5, 5.41) is 2.89. The van der Waals surface area contributed by atoms with E-state index >= 15 is 0 Å². The molecular formula is C9H12N4O. The predicted octanol–water partition coefficient (Wildman–Crippen LogP) is 0.259. The van der Waals surface area contributed by atoms with E-state index in [-0.39, 0.29) is 5.91 Å². The Kier molecular flexibility index (Phi) is 2.32. The molecule has 1 aromatic rings. The molecule has 74 valence electrons. The number of nitrogens with one attached hydrogen (secondary N) is 2. The van der Waals surface area contributed by atoms with Crippen LogP contribution in [0.25, 0.3) is 0 Å². The summed E-state index contributed by atoms with van der Waals surface area (Å²) in [5.41, 5.74) is 2.98. The fraction of sp³-hybridized carbons (Fsp3) is 0.333. The van der Waals surface area contributed by atoms with Gasteiger partial charge in [-0.1, -0.05) is 0 Å². The van der Waals surface area contributed by atoms with Gasteiger partial charge >= 0.3 is 0 Å². The van der Waals surface area contributed by atoms with Crippen LogP contribution in [0.3, 0.4) is 0 Å². The first-order valence-electron chi connectivity index (χ1n) is 4.53. The van der Waals surface area contributed by atoms with Gasteiger partial charge in [-0.15, -0.1) is 0 Å². The molecular weight excluding hydrogens is 180 g/mol. The maximum Gasteiger partial charge on any atom is 0.251 e. The molecule has 1 aliphatic rings. The SMILES string of the molecule is NNc1cc(C(=O)NC2CC2)ccn1. The van der Waals surface area contributed by atoms with Gasteiger partial charge < -0.3 is 10.7 Å². The molecule has 4 N–H and O–H groups in total. The van der Waals surface area contributed by atoms with Gasteiger partial charge in [0.25, 0.3) is 5.91 Å². The van der Waals surface area contributed by atoms with Crippen LogP contribution >= 0.6 is 0 Å². The molecule has 1 aromatic heterocycles. The summed E-state index contributed by atoms with van der Waals surface area (Å²) in [7, 11) is 0. The van der Waals surface area contributed by atoms with Crippen molar-refractivity contribution in [1.82, 2.24) is 10.3 Å². The van der Waals surface area contributed by atoms with Gasteiger partial charge in [0, 0.05) is 17.8 Å². The topological polar surface area (TPSA) is 80.0 Å². The lowest BCUT2D eigenvalue weighted by molar-refractivity contribution is 0.0951. The molecule has 5 nitrogen and oxygen atoms in total. The molecule has 1 aliphatic carbocycles. The average Bonchev–Trinajstić information content (AvgIpc) is 3.02. The van der Waals surface area contributed by atoms with Crippen molar-refractivity contribution in [3.05, 3.63) is 23.9 Å². The average molecular weight is 192 g/mol. The molecule has 0 unspecified atom stereocenters. The number of hydrogen-bond acceptors (Lipinski definition) is 4. The molecule has 1 fully saturated rings. The van der Waals surface area contributed by atoms with Crippen molar-refractivity contribution in [2.75, 3.05) is 5.43 Å². The van der Waals surface area contributed by atoms with E-state index in [9.17, 15) is 4.79 Å². The largest absolute Gasteiger partial charge is 0.349 e. The highest BCUT2D eigenvalue weighted by atomic mass is 16.1. The zero-order valence-corrected chi connectivity index (χ0v) is 7.66. The highest BCUT2D eigenvalue weighted by Crippen LogP contribution is 2.19. The third-order valence-electron chi connectivity index (χ3n) is 2.08. The van der Waals surface area contributed by atoms with Crippen LogP contribution in [-0.4, -0.2) is 16.9 Å². The first-order chi connectivity index (χ1) is 6.79. The van der Waals surface area contributed by atoms with E-state index in [0.717, 1.165) is 12.8 Å². The van der Waals surface area contributed by atoms with E-state index in [1.165, 1.54) is 0 Å². The molecule has 0 spiro atoms. The van der Waals surface area contributed by atoms with Gasteiger partial charge in [0.05, 0.1) is 0 Å². The second-order valence-corrected chi connectivity index (χ2v) is 3.32. The smallest absolute Gasteiger partial charge is 0.251 e. The Balaban J connectivity index is 2.09. The number of amides is 1. The third kappa shape index (κ3) is 2.00. The molecule has 5 heteroatoms. The normalized spacial score (nSPS) is 14.9. The number of hydrogen-bond donors (Lipinski definition) is 3. The van der Waals surface area contributed by atoms with Crippen LogP contribution in [0.5, 0.6) is 0 Å². The zero-order valence-electron chi connectivity index (χ0n) is 7.66. The summed E-state index contributed by atoms with van der Waals surface area (Å²) in [6, 6.07) is 3.65. The van der Waals surface area contributed by atoms with Crippen LogP contribution in [0.4, 0.5) is 5.82 Å². The number of nitrogens with two attached hydrogens (primary N) is 1. The summed E-state index contributed by atoms with van der Waals surface area (Å²) < 4.78 is 0. The molecule has 14 heavy (non-hydrogen) atoms. The summed E-state index contributed by atoms with van der Waals surface area (Å²) in [6.45, 7) is 0. The number of anilines is 1. The fourth-order valence-corrected chi connectivity index (χ4v) is 1.15. The number of hydrazine groups is 1. The summed E-state index contributed by atoms with van der Waals surface area (Å²) >= 11 is 0. The van der Waals surface area contributed by atoms with E-state index in [0.29, 0.717) is 17.4 Å². The maximum absolute atomic E-state index is 11.6. The molecule has 0 aromatic carbocycles. The van der Waals surface area contributed by atoms with E-state index in [2.05, 4.69) is 15.7 Å². The van der Waals surface area contributed by atoms with E-state index in [1.807, 2.05) is 0 Å². The predicted molar refractivity (Wildman–Crippen MR) is 52.5 cm³/mol. The van der Waals surface area contributed by atoms with Crippen molar-refractivity contribution >= 4 is 11.7 Å². The number of rotatable bonds is 3. The van der Waals surface area contributed by atoms with Crippen LogP contribution in [-0.2, 0) is 0 Å². The maximum atomic E-state index is 11.6. The molecule has 0 radical (unpaired) electrons. The summed E-state index contributed by atoms with van der Waals surface area (Å²) in [6.07, 6.45) is 3.72. The van der Waals surface area contributed by atoms with Crippen molar-refractivity contribution in [2.45, 2.75) is 18.9 Å². The minimum absolute atomic E-state index is 0.0635. The highest BCUT2D eigenvalue weighted by Gasteiger charge is 2.23. The third-order valence-corrected chi connectivity index (χ3v) is 2.08. The Bertz CT molecular complexity index is 348. The Morgan fingerprint density at radius 2 is 2.36 bits per heavy atom. The Hall–Kier alpha value is -1.62. The van der Waals surface area contributed by atoms with Crippen molar-refractivity contribution in [3.63, 3.8) is 0 Å². The highest BCUT2D eigenvalue weighted by molar-refractivity contribution is 5.95. The minimum Gasteiger partial charge on any atom is -0.349 e. The van der Waals surface area contributed by atoms with Crippen LogP contribution < -0.4 is 16.6 Å². The van der Waals surface area contributed by atoms with Crippen LogP contribution in [0.2, 0.25) is 0 Å². The molecule has 0 atom stereocenters. The van der Waals surface area contributed by atoms with Gasteiger partial charge in [0.2, 0.25) is 0 Å². The molecule has 0 aliphatic heterocycles. The molecule has 1 heterocycles. The minimum atomic E-state index is -0.0635. The number of carbonyl (C=O) groups is 1. The second-order valence-electron chi connectivity index (χ2n) is 3.32. The van der Waals surface area contributed by atoms with Gasteiger partial charge in [0.15, 0.2) is 0 Å². The van der Waals surface area contributed by atoms with Crippen LogP contribution in [0.1, 0.15) is 23.2 Å². The lowest BCUT2D eigenvalue weighted by Crippen LogP contribution is -2.25. The lowest BCUT2D eigenvalue weighted by Gasteiger charge is -2.04. The first-order valence-corrected chi connectivity index (χ1v) is 4.53. The summed E-state index contributed by atoms with van der Waals surface area (Å²) in [5.74, 6) is 5.62. The second kappa shape index (κ2) is 3.63. The van der Waals surface area contributed by atoms with E-state index < -0.39 is 0 Å². The Labute approximate surface area is 81.7 Å². The molecule has 0 bridgehead atoms. The van der Waals surface area contributed by atoms with Crippen molar-refractivity contribution in [1.29, 1.82) is 0 Å². The monoisotopic (exact) mass is 192 g/mol.